The van der Waals surface area contributed by atoms with Gasteiger partial charge in [-0.3, -0.25) is 4.79 Å². The summed E-state index contributed by atoms with van der Waals surface area (Å²) in [5.41, 5.74) is 5.66. The Morgan fingerprint density at radius 1 is 1.50 bits per heavy atom. The van der Waals surface area contributed by atoms with Crippen molar-refractivity contribution in [2.75, 3.05) is 13.1 Å². The maximum absolute atomic E-state index is 12.0. The van der Waals surface area contributed by atoms with E-state index < -0.39 is 0 Å². The summed E-state index contributed by atoms with van der Waals surface area (Å²) in [6, 6.07) is 0.178. The van der Waals surface area contributed by atoms with E-state index in [1.54, 1.807) is 0 Å². The van der Waals surface area contributed by atoms with Crippen LogP contribution >= 0.6 is 0 Å². The van der Waals surface area contributed by atoms with Crippen LogP contribution < -0.4 is 5.73 Å². The van der Waals surface area contributed by atoms with E-state index in [9.17, 15) is 4.79 Å². The average Bonchev–Trinajstić information content (AvgIpc) is 2.81. The molecule has 1 aliphatic heterocycles. The molecule has 2 heterocycles. The molecule has 1 saturated heterocycles. The molecule has 0 radical (unpaired) electrons. The van der Waals surface area contributed by atoms with Crippen molar-refractivity contribution in [1.82, 2.24) is 25.1 Å². The predicted molar refractivity (Wildman–Crippen MR) is 56.2 cm³/mol. The number of rotatable bonds is 3. The van der Waals surface area contributed by atoms with Crippen molar-refractivity contribution in [3.05, 3.63) is 6.33 Å². The van der Waals surface area contributed by atoms with Gasteiger partial charge in [0.15, 0.2) is 0 Å². The fourth-order valence-corrected chi connectivity index (χ4v) is 2.06. The summed E-state index contributed by atoms with van der Waals surface area (Å²) >= 11 is 0. The quantitative estimate of drug-likeness (QED) is 0.712. The number of amides is 1. The molecule has 1 amide bonds. The van der Waals surface area contributed by atoms with E-state index in [-0.39, 0.29) is 18.5 Å². The molecule has 16 heavy (non-hydrogen) atoms. The Balaban J connectivity index is 1.97. The molecular formula is C9H16N6O. The maximum atomic E-state index is 12.0. The summed E-state index contributed by atoms with van der Waals surface area (Å²) in [6.07, 6.45) is 4.64. The molecule has 2 rings (SSSR count). The lowest BCUT2D eigenvalue weighted by molar-refractivity contribution is -0.135. The molecule has 0 bridgehead atoms. The molecule has 7 nitrogen and oxygen atoms in total. The molecule has 0 saturated carbocycles. The van der Waals surface area contributed by atoms with Crippen molar-refractivity contribution in [1.29, 1.82) is 0 Å². The highest BCUT2D eigenvalue weighted by atomic mass is 16.2. The molecular weight excluding hydrogens is 208 g/mol. The number of tetrazole rings is 1. The SMILES string of the molecule is NCC1CCCCN1C(=O)Cn1cnnn1. The van der Waals surface area contributed by atoms with Gasteiger partial charge in [0, 0.05) is 19.1 Å². The lowest BCUT2D eigenvalue weighted by atomic mass is 10.0. The average molecular weight is 224 g/mol. The first-order chi connectivity index (χ1) is 7.81. The van der Waals surface area contributed by atoms with Crippen LogP contribution in [0.2, 0.25) is 0 Å². The fraction of sp³-hybridized carbons (Fsp3) is 0.778. The highest BCUT2D eigenvalue weighted by Gasteiger charge is 2.25. The zero-order valence-electron chi connectivity index (χ0n) is 9.12. The van der Waals surface area contributed by atoms with Crippen molar-refractivity contribution in [3.63, 3.8) is 0 Å². The minimum Gasteiger partial charge on any atom is -0.337 e. The molecule has 1 aliphatic rings. The first-order valence-electron chi connectivity index (χ1n) is 5.51. The van der Waals surface area contributed by atoms with E-state index in [1.165, 1.54) is 11.0 Å². The Morgan fingerprint density at radius 2 is 2.38 bits per heavy atom. The highest BCUT2D eigenvalue weighted by Crippen LogP contribution is 2.16. The third-order valence-corrected chi connectivity index (χ3v) is 2.91. The number of nitrogens with two attached hydrogens (primary N) is 1. The lowest BCUT2D eigenvalue weighted by Crippen LogP contribution is -2.48. The Hall–Kier alpha value is -1.50. The van der Waals surface area contributed by atoms with Gasteiger partial charge in [0.2, 0.25) is 5.91 Å². The van der Waals surface area contributed by atoms with Crippen LogP contribution in [0.5, 0.6) is 0 Å². The van der Waals surface area contributed by atoms with Gasteiger partial charge < -0.3 is 10.6 Å². The zero-order valence-corrected chi connectivity index (χ0v) is 9.12. The van der Waals surface area contributed by atoms with Crippen molar-refractivity contribution >= 4 is 5.91 Å². The summed E-state index contributed by atoms with van der Waals surface area (Å²) in [5.74, 6) is 0.0439. The van der Waals surface area contributed by atoms with E-state index >= 15 is 0 Å². The minimum atomic E-state index is 0.0439. The van der Waals surface area contributed by atoms with Crippen LogP contribution in [0.15, 0.2) is 6.33 Å². The molecule has 7 heteroatoms. The maximum Gasteiger partial charge on any atom is 0.244 e. The van der Waals surface area contributed by atoms with Crippen LogP contribution in [-0.2, 0) is 11.3 Å². The Labute approximate surface area is 93.6 Å². The third-order valence-electron chi connectivity index (χ3n) is 2.91. The third kappa shape index (κ3) is 2.35. The van der Waals surface area contributed by atoms with Gasteiger partial charge in [-0.05, 0) is 29.7 Å². The molecule has 1 unspecified atom stereocenters. The van der Waals surface area contributed by atoms with Crippen LogP contribution in [0.25, 0.3) is 0 Å². The van der Waals surface area contributed by atoms with E-state index in [4.69, 9.17) is 5.73 Å². The fourth-order valence-electron chi connectivity index (χ4n) is 2.06. The van der Waals surface area contributed by atoms with E-state index in [1.807, 2.05) is 4.90 Å². The molecule has 1 aromatic rings. The number of nitrogens with zero attached hydrogens (tertiary/aromatic N) is 5. The van der Waals surface area contributed by atoms with Crippen LogP contribution in [0, 0.1) is 0 Å². The van der Waals surface area contributed by atoms with Gasteiger partial charge in [0.1, 0.15) is 12.9 Å². The van der Waals surface area contributed by atoms with Crippen molar-refractivity contribution in [3.8, 4) is 0 Å². The Morgan fingerprint density at radius 3 is 3.06 bits per heavy atom. The molecule has 1 aromatic heterocycles. The standard InChI is InChI=1S/C9H16N6O/c10-5-8-3-1-2-4-15(8)9(16)6-14-7-11-12-13-14/h7-8H,1-6,10H2. The van der Waals surface area contributed by atoms with E-state index in [2.05, 4.69) is 15.5 Å². The number of piperidine rings is 1. The number of carbonyl (C=O) groups is 1. The van der Waals surface area contributed by atoms with Gasteiger partial charge >= 0.3 is 0 Å². The first-order valence-corrected chi connectivity index (χ1v) is 5.51. The molecule has 1 fully saturated rings. The van der Waals surface area contributed by atoms with Gasteiger partial charge in [-0.1, -0.05) is 0 Å². The van der Waals surface area contributed by atoms with Gasteiger partial charge in [-0.2, -0.15) is 0 Å². The second-order valence-electron chi connectivity index (χ2n) is 3.98. The largest absolute Gasteiger partial charge is 0.337 e. The van der Waals surface area contributed by atoms with E-state index in [0.717, 1.165) is 25.8 Å². The number of likely N-dealkylation sites (tertiary alicyclic amines) is 1. The molecule has 0 aliphatic carbocycles. The number of aromatic nitrogens is 4. The summed E-state index contributed by atoms with van der Waals surface area (Å²) in [4.78, 5) is 13.8. The molecule has 1 atom stereocenters. The first kappa shape index (κ1) is 11.0. The summed E-state index contributed by atoms with van der Waals surface area (Å²) < 4.78 is 1.44. The highest BCUT2D eigenvalue weighted by molar-refractivity contribution is 5.76. The smallest absolute Gasteiger partial charge is 0.244 e. The summed E-state index contributed by atoms with van der Waals surface area (Å²) in [6.45, 7) is 1.52. The van der Waals surface area contributed by atoms with Crippen molar-refractivity contribution < 1.29 is 4.79 Å². The zero-order chi connectivity index (χ0) is 11.4. The van der Waals surface area contributed by atoms with Gasteiger partial charge in [-0.25, -0.2) is 4.68 Å². The molecule has 88 valence electrons. The van der Waals surface area contributed by atoms with Crippen molar-refractivity contribution in [2.45, 2.75) is 31.8 Å². The minimum absolute atomic E-state index is 0.0439. The normalized spacial score (nSPS) is 21.1. The van der Waals surface area contributed by atoms with Crippen LogP contribution in [0.4, 0.5) is 0 Å². The monoisotopic (exact) mass is 224 g/mol. The van der Waals surface area contributed by atoms with Crippen LogP contribution in [-0.4, -0.2) is 50.1 Å². The Kier molecular flexibility index (Phi) is 3.45. The topological polar surface area (TPSA) is 89.9 Å². The van der Waals surface area contributed by atoms with Gasteiger partial charge in [0.05, 0.1) is 0 Å². The molecule has 0 spiro atoms. The second-order valence-corrected chi connectivity index (χ2v) is 3.98. The lowest BCUT2D eigenvalue weighted by Gasteiger charge is -2.34. The van der Waals surface area contributed by atoms with Crippen molar-refractivity contribution in [2.24, 2.45) is 5.73 Å². The summed E-state index contributed by atoms with van der Waals surface area (Å²) in [5, 5.41) is 10.7. The van der Waals surface area contributed by atoms with E-state index in [0.29, 0.717) is 6.54 Å². The van der Waals surface area contributed by atoms with Gasteiger partial charge in [0.25, 0.3) is 0 Å². The molecule has 2 N–H and O–H groups in total. The molecule has 0 aromatic carbocycles. The number of carbonyl (C=O) groups excluding carboxylic acids is 1. The number of hydrogen-bond donors (Lipinski definition) is 1. The predicted octanol–water partition coefficient (Wildman–Crippen LogP) is -0.987. The number of hydrogen-bond acceptors (Lipinski definition) is 5. The van der Waals surface area contributed by atoms with Crippen LogP contribution in [0.1, 0.15) is 19.3 Å². The second kappa shape index (κ2) is 5.02. The Bertz CT molecular complexity index is 338. The summed E-state index contributed by atoms with van der Waals surface area (Å²) in [7, 11) is 0. The van der Waals surface area contributed by atoms with Gasteiger partial charge in [-0.15, -0.1) is 5.10 Å². The van der Waals surface area contributed by atoms with Crippen LogP contribution in [0.3, 0.4) is 0 Å².